The van der Waals surface area contributed by atoms with E-state index in [9.17, 15) is 14.3 Å². The molecule has 0 saturated heterocycles. The number of carbonyl (C=O) groups excluding carboxylic acids is 1. The molecule has 5 heteroatoms. The van der Waals surface area contributed by atoms with Crippen LogP contribution in [0.15, 0.2) is 47.6 Å². The van der Waals surface area contributed by atoms with Crippen LogP contribution in [-0.4, -0.2) is 17.2 Å². The summed E-state index contributed by atoms with van der Waals surface area (Å²) in [6.45, 7) is 1.85. The Bertz CT molecular complexity index is 669. The Morgan fingerprint density at radius 2 is 2.05 bits per heavy atom. The van der Waals surface area contributed by atoms with Crippen LogP contribution in [0.25, 0.3) is 0 Å². The lowest BCUT2D eigenvalue weighted by atomic mass is 10.1. The molecule has 0 heterocycles. The van der Waals surface area contributed by atoms with E-state index >= 15 is 0 Å². The van der Waals surface area contributed by atoms with Gasteiger partial charge in [0.25, 0.3) is 5.91 Å². The third-order valence-corrected chi connectivity index (χ3v) is 2.67. The Kier molecular flexibility index (Phi) is 4.10. The van der Waals surface area contributed by atoms with Crippen molar-refractivity contribution in [2.75, 3.05) is 0 Å². The summed E-state index contributed by atoms with van der Waals surface area (Å²) in [4.78, 5) is 11.7. The predicted octanol–water partition coefficient (Wildman–Crippen LogP) is 2.60. The fourth-order valence-electron chi connectivity index (χ4n) is 1.63. The molecule has 0 aliphatic heterocycles. The molecule has 0 aromatic heterocycles. The molecule has 2 rings (SSSR count). The first-order valence-corrected chi connectivity index (χ1v) is 5.95. The number of aromatic hydroxyl groups is 1. The molecule has 0 fully saturated rings. The first-order chi connectivity index (χ1) is 9.58. The molecule has 0 atom stereocenters. The number of carbonyl (C=O) groups is 1. The van der Waals surface area contributed by atoms with Crippen LogP contribution in [0.2, 0.25) is 0 Å². The minimum Gasteiger partial charge on any atom is -0.507 e. The van der Waals surface area contributed by atoms with Crippen molar-refractivity contribution in [3.05, 3.63) is 65.0 Å². The smallest absolute Gasteiger partial charge is 0.274 e. The van der Waals surface area contributed by atoms with E-state index in [1.807, 2.05) is 6.92 Å². The molecule has 20 heavy (non-hydrogen) atoms. The molecule has 102 valence electrons. The Morgan fingerprint density at radius 1 is 1.30 bits per heavy atom. The van der Waals surface area contributed by atoms with Crippen molar-refractivity contribution in [1.82, 2.24) is 5.43 Å². The zero-order valence-electron chi connectivity index (χ0n) is 10.8. The second kappa shape index (κ2) is 5.97. The molecular formula is C15H13FN2O2. The zero-order valence-corrected chi connectivity index (χ0v) is 10.8. The second-order valence-electron chi connectivity index (χ2n) is 4.24. The highest BCUT2D eigenvalue weighted by Crippen LogP contribution is 2.16. The molecule has 2 N–H and O–H groups in total. The Morgan fingerprint density at radius 3 is 2.75 bits per heavy atom. The number of halogens is 1. The van der Waals surface area contributed by atoms with Gasteiger partial charge in [0.05, 0.1) is 11.8 Å². The van der Waals surface area contributed by atoms with E-state index in [0.717, 1.165) is 5.56 Å². The molecule has 0 bridgehead atoms. The fraction of sp³-hybridized carbons (Fsp3) is 0.0667. The van der Waals surface area contributed by atoms with Crippen LogP contribution in [0, 0.1) is 12.7 Å². The number of nitrogens with zero attached hydrogens (tertiary/aromatic N) is 1. The molecule has 0 radical (unpaired) electrons. The van der Waals surface area contributed by atoms with Crippen molar-refractivity contribution < 1.29 is 14.3 Å². The summed E-state index contributed by atoms with van der Waals surface area (Å²) >= 11 is 0. The van der Waals surface area contributed by atoms with E-state index in [4.69, 9.17) is 0 Å². The average molecular weight is 272 g/mol. The maximum atomic E-state index is 13.3. The molecule has 0 aliphatic rings. The monoisotopic (exact) mass is 272 g/mol. The van der Waals surface area contributed by atoms with Crippen molar-refractivity contribution in [3.63, 3.8) is 0 Å². The third-order valence-electron chi connectivity index (χ3n) is 2.67. The van der Waals surface area contributed by atoms with Crippen LogP contribution in [0.1, 0.15) is 21.5 Å². The summed E-state index contributed by atoms with van der Waals surface area (Å²) < 4.78 is 13.3. The van der Waals surface area contributed by atoms with Gasteiger partial charge in [-0.1, -0.05) is 18.2 Å². The minimum atomic E-state index is -0.647. The van der Waals surface area contributed by atoms with Crippen molar-refractivity contribution in [3.8, 4) is 5.75 Å². The average Bonchev–Trinajstić information content (AvgIpc) is 2.41. The predicted molar refractivity (Wildman–Crippen MR) is 74.3 cm³/mol. The van der Waals surface area contributed by atoms with Crippen LogP contribution in [0.4, 0.5) is 4.39 Å². The van der Waals surface area contributed by atoms with Gasteiger partial charge in [-0.2, -0.15) is 5.10 Å². The van der Waals surface area contributed by atoms with E-state index in [0.29, 0.717) is 5.56 Å². The van der Waals surface area contributed by atoms with Crippen LogP contribution in [-0.2, 0) is 0 Å². The lowest BCUT2D eigenvalue weighted by Crippen LogP contribution is -2.18. The number of hydrazone groups is 1. The lowest BCUT2D eigenvalue weighted by molar-refractivity contribution is 0.0951. The Labute approximate surface area is 115 Å². The molecule has 0 aliphatic carbocycles. The van der Waals surface area contributed by atoms with Gasteiger partial charge in [-0.05, 0) is 36.8 Å². The van der Waals surface area contributed by atoms with Gasteiger partial charge >= 0.3 is 0 Å². The first kappa shape index (κ1) is 13.7. The quantitative estimate of drug-likeness (QED) is 0.666. The summed E-state index contributed by atoms with van der Waals surface area (Å²) in [5.74, 6) is -1.20. The standard InChI is InChI=1S/C15H13FN2O2/c1-10-6-7-11(14(19)8-10)9-17-18-15(20)12-4-2-3-5-13(12)16/h2-9,19H,1H3,(H,18,20). The number of hydrogen-bond donors (Lipinski definition) is 2. The Balaban J connectivity index is 2.07. The van der Waals surface area contributed by atoms with Gasteiger partial charge in [-0.15, -0.1) is 0 Å². The third kappa shape index (κ3) is 3.20. The molecule has 0 spiro atoms. The van der Waals surface area contributed by atoms with Gasteiger partial charge in [0.15, 0.2) is 0 Å². The molecule has 2 aromatic rings. The van der Waals surface area contributed by atoms with E-state index in [1.54, 1.807) is 24.3 Å². The van der Waals surface area contributed by atoms with Gasteiger partial charge < -0.3 is 5.11 Å². The van der Waals surface area contributed by atoms with E-state index in [-0.39, 0.29) is 11.3 Å². The number of benzene rings is 2. The van der Waals surface area contributed by atoms with E-state index in [1.165, 1.54) is 24.4 Å². The highest BCUT2D eigenvalue weighted by Gasteiger charge is 2.09. The topological polar surface area (TPSA) is 61.7 Å². The number of hydrogen-bond acceptors (Lipinski definition) is 3. The summed E-state index contributed by atoms with van der Waals surface area (Å²) in [5.41, 5.74) is 3.50. The van der Waals surface area contributed by atoms with Crippen molar-refractivity contribution in [2.45, 2.75) is 6.92 Å². The van der Waals surface area contributed by atoms with Crippen LogP contribution >= 0.6 is 0 Å². The van der Waals surface area contributed by atoms with Gasteiger partial charge in [0.1, 0.15) is 11.6 Å². The SMILES string of the molecule is Cc1ccc(C=NNC(=O)c2ccccc2F)c(O)c1. The van der Waals surface area contributed by atoms with Gasteiger partial charge in [-0.25, -0.2) is 9.82 Å². The summed E-state index contributed by atoms with van der Waals surface area (Å²) in [5, 5.41) is 13.4. The molecule has 4 nitrogen and oxygen atoms in total. The number of aryl methyl sites for hydroxylation is 1. The number of amides is 1. The summed E-state index contributed by atoms with van der Waals surface area (Å²) in [7, 11) is 0. The lowest BCUT2D eigenvalue weighted by Gasteiger charge is -2.02. The second-order valence-corrected chi connectivity index (χ2v) is 4.24. The number of phenols is 1. The van der Waals surface area contributed by atoms with Gasteiger partial charge in [0, 0.05) is 5.56 Å². The molecule has 1 amide bonds. The van der Waals surface area contributed by atoms with E-state index in [2.05, 4.69) is 10.5 Å². The first-order valence-electron chi connectivity index (χ1n) is 5.95. The molecule has 2 aromatic carbocycles. The zero-order chi connectivity index (χ0) is 14.5. The Hall–Kier alpha value is -2.69. The maximum Gasteiger partial charge on any atom is 0.274 e. The largest absolute Gasteiger partial charge is 0.507 e. The number of rotatable bonds is 3. The van der Waals surface area contributed by atoms with Crippen LogP contribution in [0.3, 0.4) is 0 Å². The molecular weight excluding hydrogens is 259 g/mol. The van der Waals surface area contributed by atoms with Crippen molar-refractivity contribution in [2.24, 2.45) is 5.10 Å². The normalized spacial score (nSPS) is 10.7. The number of nitrogens with one attached hydrogen (secondary N) is 1. The van der Waals surface area contributed by atoms with Crippen molar-refractivity contribution in [1.29, 1.82) is 0 Å². The molecule has 0 saturated carbocycles. The molecule has 0 unspecified atom stereocenters. The van der Waals surface area contributed by atoms with E-state index < -0.39 is 11.7 Å². The maximum absolute atomic E-state index is 13.3. The summed E-state index contributed by atoms with van der Waals surface area (Å²) in [6.07, 6.45) is 1.30. The highest BCUT2D eigenvalue weighted by atomic mass is 19.1. The van der Waals surface area contributed by atoms with Gasteiger partial charge in [0.2, 0.25) is 0 Å². The summed E-state index contributed by atoms with van der Waals surface area (Å²) in [6, 6.07) is 10.7. The van der Waals surface area contributed by atoms with Crippen LogP contribution < -0.4 is 5.43 Å². The number of phenolic OH excluding ortho intramolecular Hbond substituents is 1. The highest BCUT2D eigenvalue weighted by molar-refractivity contribution is 5.95. The van der Waals surface area contributed by atoms with Gasteiger partial charge in [-0.3, -0.25) is 4.79 Å². The van der Waals surface area contributed by atoms with Crippen LogP contribution in [0.5, 0.6) is 5.75 Å². The van der Waals surface area contributed by atoms with Crippen molar-refractivity contribution >= 4 is 12.1 Å². The fourth-order valence-corrected chi connectivity index (χ4v) is 1.63. The minimum absolute atomic E-state index is 0.0638.